The fraction of sp³-hybridized carbons (Fsp3) is 0.500. The van der Waals surface area contributed by atoms with Gasteiger partial charge in [0, 0.05) is 16.7 Å². The highest BCUT2D eigenvalue weighted by Gasteiger charge is 2.02. The molecule has 1 nitrogen and oxygen atoms in total. The zero-order valence-corrected chi connectivity index (χ0v) is 10.5. The predicted molar refractivity (Wildman–Crippen MR) is 66.7 cm³/mol. The van der Waals surface area contributed by atoms with E-state index in [4.69, 9.17) is 0 Å². The summed E-state index contributed by atoms with van der Waals surface area (Å²) in [6, 6.07) is 8.32. The van der Waals surface area contributed by atoms with Crippen molar-refractivity contribution in [1.82, 2.24) is 0 Å². The summed E-state index contributed by atoms with van der Waals surface area (Å²) in [4.78, 5) is 0. The minimum absolute atomic E-state index is 0.786. The molecule has 0 bridgehead atoms. The minimum atomic E-state index is 0.786. The second-order valence-corrected chi connectivity index (χ2v) is 4.49. The monoisotopic (exact) mass is 255 g/mol. The van der Waals surface area contributed by atoms with Crippen molar-refractivity contribution in [2.45, 2.75) is 26.7 Å². The van der Waals surface area contributed by atoms with E-state index in [1.807, 2.05) is 6.07 Å². The van der Waals surface area contributed by atoms with Crippen LogP contribution in [0.25, 0.3) is 0 Å². The number of nitrogens with one attached hydrogen (secondary N) is 1. The van der Waals surface area contributed by atoms with Crippen LogP contribution in [0.1, 0.15) is 26.7 Å². The summed E-state index contributed by atoms with van der Waals surface area (Å²) in [7, 11) is 0. The first-order valence-corrected chi connectivity index (χ1v) is 6.05. The zero-order valence-electron chi connectivity index (χ0n) is 8.89. The van der Waals surface area contributed by atoms with E-state index in [-0.39, 0.29) is 0 Å². The van der Waals surface area contributed by atoms with Gasteiger partial charge in [-0.1, -0.05) is 48.7 Å². The number of benzene rings is 1. The molecule has 78 valence electrons. The molecule has 0 spiro atoms. The molecule has 14 heavy (non-hydrogen) atoms. The van der Waals surface area contributed by atoms with Crippen LogP contribution >= 0.6 is 15.9 Å². The van der Waals surface area contributed by atoms with Crippen molar-refractivity contribution in [2.24, 2.45) is 5.92 Å². The molecular weight excluding hydrogens is 238 g/mol. The first-order valence-electron chi connectivity index (χ1n) is 5.25. The zero-order chi connectivity index (χ0) is 10.4. The van der Waals surface area contributed by atoms with Crippen LogP contribution < -0.4 is 5.32 Å². The van der Waals surface area contributed by atoms with Crippen LogP contribution in [0.15, 0.2) is 28.7 Å². The van der Waals surface area contributed by atoms with Gasteiger partial charge in [-0.2, -0.15) is 0 Å². The van der Waals surface area contributed by atoms with Crippen molar-refractivity contribution >= 4 is 21.6 Å². The molecule has 0 fully saturated rings. The largest absolute Gasteiger partial charge is 0.385 e. The van der Waals surface area contributed by atoms with Crippen LogP contribution in [-0.4, -0.2) is 6.54 Å². The molecule has 0 saturated carbocycles. The van der Waals surface area contributed by atoms with E-state index in [1.165, 1.54) is 18.5 Å². The molecule has 0 aliphatic carbocycles. The minimum Gasteiger partial charge on any atom is -0.385 e. The SMILES string of the molecule is CCC(CC)CNc1cccc(Br)c1. The summed E-state index contributed by atoms with van der Waals surface area (Å²) >= 11 is 3.46. The van der Waals surface area contributed by atoms with Crippen LogP contribution in [0.4, 0.5) is 5.69 Å². The maximum absolute atomic E-state index is 3.46. The first-order chi connectivity index (χ1) is 6.76. The maximum atomic E-state index is 3.46. The maximum Gasteiger partial charge on any atom is 0.0351 e. The van der Waals surface area contributed by atoms with Gasteiger partial charge in [-0.15, -0.1) is 0 Å². The lowest BCUT2D eigenvalue weighted by atomic mass is 10.0. The van der Waals surface area contributed by atoms with E-state index in [9.17, 15) is 0 Å². The fourth-order valence-electron chi connectivity index (χ4n) is 1.44. The van der Waals surface area contributed by atoms with Gasteiger partial charge in [0.05, 0.1) is 0 Å². The molecule has 0 heterocycles. The molecule has 0 aromatic heterocycles. The molecule has 0 saturated heterocycles. The van der Waals surface area contributed by atoms with E-state index >= 15 is 0 Å². The molecule has 0 radical (unpaired) electrons. The van der Waals surface area contributed by atoms with Crippen molar-refractivity contribution < 1.29 is 0 Å². The second-order valence-electron chi connectivity index (χ2n) is 3.57. The number of anilines is 1. The third-order valence-corrected chi connectivity index (χ3v) is 3.07. The molecule has 2 heteroatoms. The molecule has 0 aliphatic rings. The highest BCUT2D eigenvalue weighted by atomic mass is 79.9. The highest BCUT2D eigenvalue weighted by molar-refractivity contribution is 9.10. The molecule has 1 rings (SSSR count). The lowest BCUT2D eigenvalue weighted by Crippen LogP contribution is -2.12. The summed E-state index contributed by atoms with van der Waals surface area (Å²) in [6.45, 7) is 5.57. The summed E-state index contributed by atoms with van der Waals surface area (Å²) in [5.41, 5.74) is 1.20. The van der Waals surface area contributed by atoms with E-state index in [0.29, 0.717) is 0 Å². The molecule has 1 aromatic carbocycles. The molecule has 0 aliphatic heterocycles. The van der Waals surface area contributed by atoms with Crippen LogP contribution in [-0.2, 0) is 0 Å². The number of hydrogen-bond donors (Lipinski definition) is 1. The Morgan fingerprint density at radius 3 is 2.57 bits per heavy atom. The van der Waals surface area contributed by atoms with Gasteiger partial charge in [-0.3, -0.25) is 0 Å². The number of rotatable bonds is 5. The third kappa shape index (κ3) is 3.70. The van der Waals surface area contributed by atoms with Gasteiger partial charge in [0.2, 0.25) is 0 Å². The van der Waals surface area contributed by atoms with Gasteiger partial charge in [0.15, 0.2) is 0 Å². The summed E-state index contributed by atoms with van der Waals surface area (Å²) in [5.74, 6) is 0.786. The Hall–Kier alpha value is -0.500. The van der Waals surface area contributed by atoms with Crippen molar-refractivity contribution in [1.29, 1.82) is 0 Å². The summed E-state index contributed by atoms with van der Waals surface area (Å²) < 4.78 is 1.13. The smallest absolute Gasteiger partial charge is 0.0351 e. The number of halogens is 1. The predicted octanol–water partition coefficient (Wildman–Crippen LogP) is 4.30. The van der Waals surface area contributed by atoms with Crippen molar-refractivity contribution in [3.05, 3.63) is 28.7 Å². The molecule has 1 aromatic rings. The van der Waals surface area contributed by atoms with Gasteiger partial charge < -0.3 is 5.32 Å². The van der Waals surface area contributed by atoms with Crippen molar-refractivity contribution in [3.63, 3.8) is 0 Å². The van der Waals surface area contributed by atoms with E-state index in [1.54, 1.807) is 0 Å². The fourth-order valence-corrected chi connectivity index (χ4v) is 1.84. The van der Waals surface area contributed by atoms with Gasteiger partial charge in [-0.25, -0.2) is 0 Å². The lowest BCUT2D eigenvalue weighted by molar-refractivity contribution is 0.519. The average molecular weight is 256 g/mol. The standard InChI is InChI=1S/C12H18BrN/c1-3-10(4-2)9-14-12-7-5-6-11(13)8-12/h5-8,10,14H,3-4,9H2,1-2H3. The normalized spacial score (nSPS) is 10.6. The molecule has 0 amide bonds. The molecule has 0 unspecified atom stereocenters. The Kier molecular flexibility index (Phi) is 5.02. The second kappa shape index (κ2) is 6.07. The number of hydrogen-bond acceptors (Lipinski definition) is 1. The van der Waals surface area contributed by atoms with Gasteiger partial charge in [0.1, 0.15) is 0 Å². The summed E-state index contributed by atoms with van der Waals surface area (Å²) in [5, 5.41) is 3.46. The van der Waals surface area contributed by atoms with Gasteiger partial charge in [0.25, 0.3) is 0 Å². The van der Waals surface area contributed by atoms with E-state index in [0.717, 1.165) is 16.9 Å². The average Bonchev–Trinajstić information content (AvgIpc) is 2.19. The topological polar surface area (TPSA) is 12.0 Å². The Labute approximate surface area is 95.0 Å². The summed E-state index contributed by atoms with van der Waals surface area (Å²) in [6.07, 6.45) is 2.50. The first kappa shape index (κ1) is 11.6. The van der Waals surface area contributed by atoms with Crippen molar-refractivity contribution in [2.75, 3.05) is 11.9 Å². The van der Waals surface area contributed by atoms with Gasteiger partial charge >= 0.3 is 0 Å². The Bertz CT molecular complexity index is 269. The third-order valence-electron chi connectivity index (χ3n) is 2.57. The van der Waals surface area contributed by atoms with E-state index in [2.05, 4.69) is 53.3 Å². The Balaban J connectivity index is 2.44. The van der Waals surface area contributed by atoms with Crippen molar-refractivity contribution in [3.8, 4) is 0 Å². The van der Waals surface area contributed by atoms with E-state index < -0.39 is 0 Å². The Morgan fingerprint density at radius 2 is 2.00 bits per heavy atom. The van der Waals surface area contributed by atoms with Crippen LogP contribution in [0.5, 0.6) is 0 Å². The highest BCUT2D eigenvalue weighted by Crippen LogP contribution is 2.16. The molecule has 0 atom stereocenters. The van der Waals surface area contributed by atoms with Crippen LogP contribution in [0, 0.1) is 5.92 Å². The lowest BCUT2D eigenvalue weighted by Gasteiger charge is -2.14. The Morgan fingerprint density at radius 1 is 1.29 bits per heavy atom. The van der Waals surface area contributed by atoms with Gasteiger partial charge in [-0.05, 0) is 24.1 Å². The van der Waals surface area contributed by atoms with Crippen LogP contribution in [0.3, 0.4) is 0 Å². The quantitative estimate of drug-likeness (QED) is 0.828. The van der Waals surface area contributed by atoms with Crippen LogP contribution in [0.2, 0.25) is 0 Å². The molecular formula is C12H18BrN. The molecule has 1 N–H and O–H groups in total.